The summed E-state index contributed by atoms with van der Waals surface area (Å²) in [7, 11) is 0. The fourth-order valence-corrected chi connectivity index (χ4v) is 0.0680. The van der Waals surface area contributed by atoms with E-state index >= 15 is 0 Å². The third kappa shape index (κ3) is 11.4. The molecule has 0 aliphatic rings. The minimum Gasteiger partial charge on any atom is -0.424 e. The maximum atomic E-state index is 9.15. The molecule has 0 amide bonds. The molecule has 6 nitrogen and oxygen atoms in total. The summed E-state index contributed by atoms with van der Waals surface area (Å²) in [4.78, 5) is 24.2. The molecule has 0 aromatic heterocycles. The van der Waals surface area contributed by atoms with E-state index in [4.69, 9.17) is 19.8 Å². The van der Waals surface area contributed by atoms with Crippen LogP contribution in [0.4, 0.5) is 9.59 Å². The van der Waals surface area contributed by atoms with E-state index in [1.807, 2.05) is 0 Å². The van der Waals surface area contributed by atoms with Crippen molar-refractivity contribution < 1.29 is 29.6 Å². The van der Waals surface area contributed by atoms with E-state index in [-0.39, 0.29) is 37.7 Å². The van der Waals surface area contributed by atoms with Gasteiger partial charge >= 0.3 is 37.7 Å². The smallest absolute Gasteiger partial charge is 0.424 e. The number of hydrogen-bond donors (Lipinski definition) is 0. The van der Waals surface area contributed by atoms with E-state index in [0.29, 0.717) is 0 Å². The Balaban J connectivity index is 0. The van der Waals surface area contributed by atoms with Gasteiger partial charge in [0.1, 0.15) is 0 Å². The van der Waals surface area contributed by atoms with Crippen LogP contribution in [0.5, 0.6) is 0 Å². The van der Waals surface area contributed by atoms with Gasteiger partial charge in [-0.2, -0.15) is 0 Å². The van der Waals surface area contributed by atoms with Gasteiger partial charge in [-0.05, 0) is 0 Å². The first-order chi connectivity index (χ1) is 3.63. The summed E-state index contributed by atoms with van der Waals surface area (Å²) in [6.45, 7) is 0. The van der Waals surface area contributed by atoms with Gasteiger partial charge in [0.2, 0.25) is 0 Å². The van der Waals surface area contributed by atoms with Crippen LogP contribution in [0.25, 0.3) is 0 Å². The third-order valence-corrected chi connectivity index (χ3v) is 0.178. The van der Waals surface area contributed by atoms with Gasteiger partial charge in [-0.25, -0.2) is 0 Å². The molecule has 0 aliphatic heterocycles. The predicted molar refractivity (Wildman–Crippen MR) is 18.7 cm³/mol. The second-order valence-electron chi connectivity index (χ2n) is 0.667. The first kappa shape index (κ1) is 11.6. The number of hydrogen-bond acceptors (Lipinski definition) is 6. The van der Waals surface area contributed by atoms with Gasteiger partial charge in [0.25, 0.3) is 12.3 Å². The van der Waals surface area contributed by atoms with Crippen LogP contribution >= 0.6 is 0 Å². The monoisotopic (exact) mass is 160 g/mol. The van der Waals surface area contributed by atoms with E-state index in [2.05, 4.69) is 9.78 Å². The summed E-state index contributed by atoms with van der Waals surface area (Å²) in [5.41, 5.74) is 0. The number of carbonyl (C=O) groups is 2. The van der Waals surface area contributed by atoms with Crippen molar-refractivity contribution in [3.63, 3.8) is 0 Å². The molecule has 0 aromatic rings. The zero-order valence-corrected chi connectivity index (χ0v) is 6.36. The molecule has 0 saturated heterocycles. The SMILES string of the molecule is O=C([O-])OOC(=O)[O-].[Ca+2]. The van der Waals surface area contributed by atoms with Crippen molar-refractivity contribution in [2.45, 2.75) is 0 Å². The van der Waals surface area contributed by atoms with Gasteiger partial charge in [0.05, 0.1) is 0 Å². The van der Waals surface area contributed by atoms with E-state index in [9.17, 15) is 0 Å². The number of rotatable bonds is 0. The molecule has 0 rings (SSSR count). The first-order valence-electron chi connectivity index (χ1n) is 1.39. The van der Waals surface area contributed by atoms with Crippen LogP contribution in [0.3, 0.4) is 0 Å². The summed E-state index contributed by atoms with van der Waals surface area (Å²) >= 11 is 0. The Hall–Kier alpha value is -0.200. The van der Waals surface area contributed by atoms with Gasteiger partial charge in [-0.15, -0.1) is 0 Å². The maximum absolute atomic E-state index is 9.15. The normalized spacial score (nSPS) is 6.67. The second kappa shape index (κ2) is 5.93. The Kier molecular flexibility index (Phi) is 7.63. The fourth-order valence-electron chi connectivity index (χ4n) is 0.0680. The van der Waals surface area contributed by atoms with Crippen LogP contribution < -0.4 is 10.2 Å². The Morgan fingerprint density at radius 3 is 1.33 bits per heavy atom. The van der Waals surface area contributed by atoms with Crippen LogP contribution in [-0.4, -0.2) is 50.0 Å². The van der Waals surface area contributed by atoms with Crippen molar-refractivity contribution >= 4 is 50.0 Å². The van der Waals surface area contributed by atoms with Crippen LogP contribution in [0.15, 0.2) is 0 Å². The summed E-state index contributed by atoms with van der Waals surface area (Å²) in [6.07, 6.45) is -4.18. The molecule has 0 saturated carbocycles. The van der Waals surface area contributed by atoms with Crippen LogP contribution in [0.1, 0.15) is 0 Å². The molecule has 46 valence electrons. The quantitative estimate of drug-likeness (QED) is 0.216. The van der Waals surface area contributed by atoms with Crippen molar-refractivity contribution in [2.24, 2.45) is 0 Å². The standard InChI is InChI=1S/C2H2O6.Ca/c3-1(4)7-8-2(5)6;/h(H,3,4)(H,5,6);/q;+2/p-2. The van der Waals surface area contributed by atoms with Crippen molar-refractivity contribution in [3.05, 3.63) is 0 Å². The molecule has 0 spiro atoms. The molecule has 0 bridgehead atoms. The zero-order chi connectivity index (χ0) is 6.57. The predicted octanol–water partition coefficient (Wildman–Crippen LogP) is -2.76. The minimum absolute atomic E-state index is 0. The number of carbonyl (C=O) groups excluding carboxylic acids is 2. The maximum Gasteiger partial charge on any atom is 2.00 e. The van der Waals surface area contributed by atoms with Gasteiger partial charge < -0.3 is 29.6 Å². The van der Waals surface area contributed by atoms with Gasteiger partial charge in [-0.3, -0.25) is 0 Å². The molecule has 0 aromatic carbocycles. The molecule has 0 unspecified atom stereocenters. The van der Waals surface area contributed by atoms with Crippen molar-refractivity contribution in [1.29, 1.82) is 0 Å². The van der Waals surface area contributed by atoms with E-state index in [1.54, 1.807) is 0 Å². The van der Waals surface area contributed by atoms with Gasteiger partial charge in [0, 0.05) is 0 Å². The van der Waals surface area contributed by atoms with E-state index in [0.717, 1.165) is 0 Å². The molecule has 9 heavy (non-hydrogen) atoms. The number of carboxylic acid groups (broad SMARTS) is 2. The Morgan fingerprint density at radius 2 is 1.22 bits per heavy atom. The second-order valence-corrected chi connectivity index (χ2v) is 0.667. The summed E-state index contributed by atoms with van der Waals surface area (Å²) in [6, 6.07) is 0. The van der Waals surface area contributed by atoms with Crippen LogP contribution in [0, 0.1) is 0 Å². The molecule has 0 heterocycles. The van der Waals surface area contributed by atoms with Gasteiger partial charge in [-0.1, -0.05) is 0 Å². The summed E-state index contributed by atoms with van der Waals surface area (Å²) < 4.78 is 0. The molecular weight excluding hydrogens is 160 g/mol. The average Bonchev–Trinajstić information content (AvgIpc) is 1.61. The summed E-state index contributed by atoms with van der Waals surface area (Å²) in [5.74, 6) is 0. The summed E-state index contributed by atoms with van der Waals surface area (Å²) in [5, 5.41) is 18.3. The average molecular weight is 160 g/mol. The molecule has 0 fully saturated rings. The largest absolute Gasteiger partial charge is 2.00 e. The van der Waals surface area contributed by atoms with Crippen molar-refractivity contribution in [2.75, 3.05) is 0 Å². The Bertz CT molecular complexity index is 95.6. The minimum atomic E-state index is -2.09. The molecule has 0 N–H and O–H groups in total. The molecule has 7 heteroatoms. The topological polar surface area (TPSA) is 98.7 Å². The molecule has 0 radical (unpaired) electrons. The van der Waals surface area contributed by atoms with Crippen molar-refractivity contribution in [1.82, 2.24) is 0 Å². The van der Waals surface area contributed by atoms with Crippen LogP contribution in [0.2, 0.25) is 0 Å². The van der Waals surface area contributed by atoms with Gasteiger partial charge in [0.15, 0.2) is 0 Å². The zero-order valence-electron chi connectivity index (χ0n) is 4.16. The van der Waals surface area contributed by atoms with Crippen molar-refractivity contribution in [3.8, 4) is 0 Å². The molecular formula is C2CaO6. The first-order valence-corrected chi connectivity index (χ1v) is 1.39. The van der Waals surface area contributed by atoms with E-state index in [1.165, 1.54) is 0 Å². The Labute approximate surface area is 79.3 Å². The Morgan fingerprint density at radius 1 is 1.00 bits per heavy atom. The van der Waals surface area contributed by atoms with E-state index < -0.39 is 12.3 Å². The third-order valence-electron chi connectivity index (χ3n) is 0.178. The molecule has 0 atom stereocenters. The fraction of sp³-hybridized carbons (Fsp3) is 0. The van der Waals surface area contributed by atoms with Crippen LogP contribution in [-0.2, 0) is 9.78 Å². The molecule has 0 aliphatic carbocycles.